The van der Waals surface area contributed by atoms with E-state index >= 15 is 0 Å². The van der Waals surface area contributed by atoms with Crippen molar-refractivity contribution in [1.29, 1.82) is 0 Å². The first-order valence-electron chi connectivity index (χ1n) is 8.90. The van der Waals surface area contributed by atoms with Crippen molar-refractivity contribution in [1.82, 2.24) is 5.32 Å². The second kappa shape index (κ2) is 8.91. The minimum atomic E-state index is -0.170. The quantitative estimate of drug-likeness (QED) is 0.559. The maximum absolute atomic E-state index is 12.3. The number of nitrogens with one attached hydrogen (secondary N) is 1. The summed E-state index contributed by atoms with van der Waals surface area (Å²) in [4.78, 5) is 12.3. The average molecular weight is 428 g/mol. The Morgan fingerprint density at radius 3 is 2.52 bits per heavy atom. The van der Waals surface area contributed by atoms with Gasteiger partial charge in [-0.15, -0.1) is 0 Å². The van der Waals surface area contributed by atoms with Crippen molar-refractivity contribution >= 4 is 32.6 Å². The largest absolute Gasteiger partial charge is 0.494 e. The molecular weight excluding hydrogens is 406 g/mol. The van der Waals surface area contributed by atoms with Gasteiger partial charge in [0, 0.05) is 0 Å². The summed E-state index contributed by atoms with van der Waals surface area (Å²) in [5.41, 5.74) is 1.01. The predicted molar refractivity (Wildman–Crippen MR) is 111 cm³/mol. The summed E-state index contributed by atoms with van der Waals surface area (Å²) in [7, 11) is 0. The molecule has 0 spiro atoms. The molecule has 27 heavy (non-hydrogen) atoms. The van der Waals surface area contributed by atoms with Gasteiger partial charge < -0.3 is 14.8 Å². The highest BCUT2D eigenvalue weighted by atomic mass is 79.9. The van der Waals surface area contributed by atoms with Crippen LogP contribution in [-0.4, -0.2) is 19.1 Å². The molecule has 0 aliphatic rings. The van der Waals surface area contributed by atoms with Crippen LogP contribution in [0.25, 0.3) is 10.8 Å². The number of benzene rings is 3. The van der Waals surface area contributed by atoms with Crippen LogP contribution in [0.2, 0.25) is 0 Å². The van der Waals surface area contributed by atoms with Gasteiger partial charge in [0.2, 0.25) is 0 Å². The molecule has 1 amide bonds. The number of carbonyl (C=O) groups is 1. The molecule has 3 rings (SSSR count). The maximum Gasteiger partial charge on any atom is 0.258 e. The van der Waals surface area contributed by atoms with E-state index in [1.165, 1.54) is 0 Å². The van der Waals surface area contributed by atoms with E-state index < -0.39 is 0 Å². The lowest BCUT2D eigenvalue weighted by Crippen LogP contribution is -2.31. The highest BCUT2D eigenvalue weighted by Crippen LogP contribution is 2.33. The summed E-state index contributed by atoms with van der Waals surface area (Å²) < 4.78 is 12.0. The van der Waals surface area contributed by atoms with Crippen LogP contribution in [0.5, 0.6) is 11.5 Å². The lowest BCUT2D eigenvalue weighted by Gasteiger charge is -2.16. The van der Waals surface area contributed by atoms with Gasteiger partial charge >= 0.3 is 0 Å². The normalized spacial score (nSPS) is 11.8. The molecule has 5 heteroatoms. The summed E-state index contributed by atoms with van der Waals surface area (Å²) in [5, 5.41) is 5.12. The number of carbonyl (C=O) groups excluding carboxylic acids is 1. The third-order valence-electron chi connectivity index (χ3n) is 4.26. The molecular formula is C22H22BrNO3. The van der Waals surface area contributed by atoms with E-state index in [0.29, 0.717) is 12.4 Å². The fraction of sp³-hybridized carbons (Fsp3) is 0.227. The minimum Gasteiger partial charge on any atom is -0.494 e. The van der Waals surface area contributed by atoms with Crippen molar-refractivity contribution in [3.63, 3.8) is 0 Å². The molecule has 3 aromatic rings. The summed E-state index contributed by atoms with van der Waals surface area (Å²) in [6.07, 6.45) is 0. The average Bonchev–Trinajstić information content (AvgIpc) is 2.68. The first-order valence-corrected chi connectivity index (χ1v) is 9.70. The van der Waals surface area contributed by atoms with E-state index in [-0.39, 0.29) is 18.6 Å². The lowest BCUT2D eigenvalue weighted by molar-refractivity contribution is -0.123. The van der Waals surface area contributed by atoms with Crippen LogP contribution in [0.3, 0.4) is 0 Å². The Morgan fingerprint density at radius 1 is 1.04 bits per heavy atom. The number of hydrogen-bond acceptors (Lipinski definition) is 3. The molecule has 1 N–H and O–H groups in total. The highest BCUT2D eigenvalue weighted by molar-refractivity contribution is 9.10. The Hall–Kier alpha value is -2.53. The van der Waals surface area contributed by atoms with Gasteiger partial charge in [-0.2, -0.15) is 0 Å². The van der Waals surface area contributed by atoms with Crippen LogP contribution >= 0.6 is 15.9 Å². The molecule has 0 saturated carbocycles. The van der Waals surface area contributed by atoms with Gasteiger partial charge in [0.25, 0.3) is 5.91 Å². The van der Waals surface area contributed by atoms with Crippen LogP contribution in [0.1, 0.15) is 25.5 Å². The van der Waals surface area contributed by atoms with Gasteiger partial charge in [-0.05, 0) is 64.3 Å². The number of fused-ring (bicyclic) bond motifs is 1. The minimum absolute atomic E-state index is 0.0433. The summed E-state index contributed by atoms with van der Waals surface area (Å²) >= 11 is 3.57. The monoisotopic (exact) mass is 427 g/mol. The van der Waals surface area contributed by atoms with Crippen LogP contribution in [0.4, 0.5) is 0 Å². The zero-order valence-electron chi connectivity index (χ0n) is 15.4. The Bertz CT molecular complexity index is 924. The molecule has 0 aliphatic carbocycles. The van der Waals surface area contributed by atoms with Crippen molar-refractivity contribution in [2.24, 2.45) is 0 Å². The van der Waals surface area contributed by atoms with Crippen LogP contribution in [0, 0.1) is 0 Å². The van der Waals surface area contributed by atoms with Crippen molar-refractivity contribution in [3.05, 3.63) is 70.7 Å². The second-order valence-corrected chi connectivity index (χ2v) is 6.97. The third-order valence-corrected chi connectivity index (χ3v) is 5.07. The first kappa shape index (κ1) is 19.2. The number of ether oxygens (including phenoxy) is 2. The molecule has 4 nitrogen and oxygen atoms in total. The predicted octanol–water partition coefficient (Wildman–Crippen LogP) is 5.26. The smallest absolute Gasteiger partial charge is 0.258 e. The molecule has 140 valence electrons. The molecule has 0 saturated heterocycles. The van der Waals surface area contributed by atoms with Gasteiger partial charge in [-0.25, -0.2) is 0 Å². The van der Waals surface area contributed by atoms with Crippen molar-refractivity contribution in [2.45, 2.75) is 19.9 Å². The molecule has 0 radical (unpaired) electrons. The summed E-state index contributed by atoms with van der Waals surface area (Å²) in [6.45, 7) is 4.48. The molecule has 0 bridgehead atoms. The SMILES string of the molecule is CCOc1ccc([C@@H](C)NC(=O)COc2ccc3ccccc3c2Br)cc1. The van der Waals surface area contributed by atoms with Gasteiger partial charge in [-0.3, -0.25) is 4.79 Å². The van der Waals surface area contributed by atoms with Crippen LogP contribution in [0.15, 0.2) is 65.1 Å². The maximum atomic E-state index is 12.3. The Labute approximate surface area is 167 Å². The van der Waals surface area contributed by atoms with Gasteiger partial charge in [-0.1, -0.05) is 42.5 Å². The summed E-state index contributed by atoms with van der Waals surface area (Å²) in [5.74, 6) is 1.30. The van der Waals surface area contributed by atoms with E-state index in [1.807, 2.05) is 74.5 Å². The zero-order valence-corrected chi connectivity index (χ0v) is 17.0. The van der Waals surface area contributed by atoms with Crippen LogP contribution < -0.4 is 14.8 Å². The molecule has 0 unspecified atom stereocenters. The zero-order chi connectivity index (χ0) is 19.2. The van der Waals surface area contributed by atoms with Gasteiger partial charge in [0.05, 0.1) is 17.1 Å². The van der Waals surface area contributed by atoms with Crippen molar-refractivity contribution in [3.8, 4) is 11.5 Å². The molecule has 0 aromatic heterocycles. The second-order valence-electron chi connectivity index (χ2n) is 6.18. The van der Waals surface area contributed by atoms with E-state index in [2.05, 4.69) is 21.2 Å². The molecule has 0 heterocycles. The number of amides is 1. The van der Waals surface area contributed by atoms with E-state index in [9.17, 15) is 4.79 Å². The van der Waals surface area contributed by atoms with E-state index in [1.54, 1.807) is 0 Å². The number of rotatable bonds is 7. The number of hydrogen-bond donors (Lipinski definition) is 1. The molecule has 0 fully saturated rings. The Morgan fingerprint density at radius 2 is 1.78 bits per heavy atom. The fourth-order valence-electron chi connectivity index (χ4n) is 2.85. The van der Waals surface area contributed by atoms with Gasteiger partial charge in [0.15, 0.2) is 6.61 Å². The fourth-order valence-corrected chi connectivity index (χ4v) is 3.46. The number of halogens is 1. The first-order chi connectivity index (χ1) is 13.1. The van der Waals surface area contributed by atoms with Crippen LogP contribution in [-0.2, 0) is 4.79 Å². The highest BCUT2D eigenvalue weighted by Gasteiger charge is 2.12. The van der Waals surface area contributed by atoms with E-state index in [0.717, 1.165) is 26.6 Å². The topological polar surface area (TPSA) is 47.6 Å². The lowest BCUT2D eigenvalue weighted by atomic mass is 10.1. The van der Waals surface area contributed by atoms with E-state index in [4.69, 9.17) is 9.47 Å². The summed E-state index contributed by atoms with van der Waals surface area (Å²) in [6, 6.07) is 19.5. The van der Waals surface area contributed by atoms with Crippen molar-refractivity contribution in [2.75, 3.05) is 13.2 Å². The molecule has 1 atom stereocenters. The Kier molecular flexibility index (Phi) is 6.35. The van der Waals surface area contributed by atoms with Gasteiger partial charge in [0.1, 0.15) is 11.5 Å². The molecule has 0 aliphatic heterocycles. The third kappa shape index (κ3) is 4.80. The standard InChI is InChI=1S/C22H22BrNO3/c1-3-26-18-11-8-16(9-12-18)15(2)24-21(25)14-27-20-13-10-17-6-4-5-7-19(17)22(20)23/h4-13,15H,3,14H2,1-2H3,(H,24,25)/t15-/m1/s1. The van der Waals surface area contributed by atoms with Crippen molar-refractivity contribution < 1.29 is 14.3 Å². The Balaban J connectivity index is 1.58. The molecule has 3 aromatic carbocycles.